The largest absolute Gasteiger partial charge is 0.478 e. The lowest BCUT2D eigenvalue weighted by Crippen LogP contribution is -2.40. The van der Waals surface area contributed by atoms with Crippen molar-refractivity contribution >= 4 is 17.9 Å². The molecule has 10 heteroatoms. The molecule has 1 unspecified atom stereocenters. The monoisotopic (exact) mass is 515 g/mol. The summed E-state index contributed by atoms with van der Waals surface area (Å²) in [5.74, 6) is -0.877. The van der Waals surface area contributed by atoms with Crippen LogP contribution in [0, 0.1) is 0 Å². The Labute approximate surface area is 212 Å². The normalized spacial score (nSPS) is 12.6. The molecular weight excluding hydrogens is 487 g/mol. The molecule has 0 spiro atoms. The molecule has 1 heterocycles. The summed E-state index contributed by atoms with van der Waals surface area (Å²) in [6.45, 7) is 7.15. The zero-order chi connectivity index (χ0) is 27.4. The smallest absolute Gasteiger partial charge is 0.416 e. The second-order valence-electron chi connectivity index (χ2n) is 9.42. The van der Waals surface area contributed by atoms with Crippen LogP contribution < -0.4 is 4.90 Å². The van der Waals surface area contributed by atoms with Crippen molar-refractivity contribution in [3.05, 3.63) is 77.6 Å². The van der Waals surface area contributed by atoms with Crippen LogP contribution >= 0.6 is 0 Å². The number of benzene rings is 2. The predicted molar refractivity (Wildman–Crippen MR) is 132 cm³/mol. The molecule has 1 N–H and O–H groups in total. The molecule has 0 saturated heterocycles. The van der Waals surface area contributed by atoms with E-state index in [0.717, 1.165) is 12.1 Å². The number of carboxylic acids is 1. The molecule has 0 aliphatic carbocycles. The van der Waals surface area contributed by atoms with Crippen LogP contribution in [0.1, 0.15) is 68.1 Å². The van der Waals surface area contributed by atoms with Gasteiger partial charge in [0.15, 0.2) is 5.82 Å². The Morgan fingerprint density at radius 1 is 0.973 bits per heavy atom. The summed E-state index contributed by atoms with van der Waals surface area (Å²) in [5.41, 5.74) is 0.000125. The number of aromatic carboxylic acids is 1. The first-order valence-corrected chi connectivity index (χ1v) is 11.7. The van der Waals surface area contributed by atoms with E-state index in [2.05, 4.69) is 9.97 Å². The molecule has 0 radical (unpaired) electrons. The number of hydrogen-bond acceptors (Lipinski definition) is 5. The second kappa shape index (κ2) is 11.0. The number of aromatic nitrogens is 2. The Hall–Kier alpha value is -3.95. The molecule has 1 aromatic heterocycles. The van der Waals surface area contributed by atoms with E-state index in [1.54, 1.807) is 32.9 Å². The quantitative estimate of drug-likeness (QED) is 0.359. The molecule has 0 saturated carbocycles. The number of carbonyl (C=O) groups excluding carboxylic acids is 1. The summed E-state index contributed by atoms with van der Waals surface area (Å²) in [5, 5.41) is 9.24. The number of carbonyl (C=O) groups is 2. The SMILES string of the molecule is CCCC(c1ccc(C(=O)O)cc1)N(C(=O)OC(C)(C)C)c1cnc(-c2ccc(C(F)(F)F)cc2)cn1. The van der Waals surface area contributed by atoms with Gasteiger partial charge in [-0.3, -0.25) is 9.88 Å². The molecule has 1 amide bonds. The van der Waals surface area contributed by atoms with Gasteiger partial charge in [-0.2, -0.15) is 13.2 Å². The lowest BCUT2D eigenvalue weighted by Gasteiger charge is -2.33. The first kappa shape index (κ1) is 27.6. The fourth-order valence-electron chi connectivity index (χ4n) is 3.68. The maximum atomic E-state index is 13.3. The number of amides is 1. The van der Waals surface area contributed by atoms with E-state index in [1.807, 2.05) is 6.92 Å². The minimum atomic E-state index is -4.45. The van der Waals surface area contributed by atoms with Crippen LogP contribution in [0.5, 0.6) is 0 Å². The van der Waals surface area contributed by atoms with Gasteiger partial charge >= 0.3 is 18.2 Å². The Bertz CT molecular complexity index is 1220. The van der Waals surface area contributed by atoms with E-state index in [4.69, 9.17) is 4.74 Å². The molecule has 37 heavy (non-hydrogen) atoms. The Morgan fingerprint density at radius 2 is 1.59 bits per heavy atom. The van der Waals surface area contributed by atoms with Crippen molar-refractivity contribution in [3.63, 3.8) is 0 Å². The number of rotatable bonds is 7. The summed E-state index contributed by atoms with van der Waals surface area (Å²) >= 11 is 0. The van der Waals surface area contributed by atoms with Crippen LogP contribution in [0.25, 0.3) is 11.3 Å². The Kier molecular flexibility index (Phi) is 8.20. The van der Waals surface area contributed by atoms with Gasteiger partial charge in [-0.05, 0) is 57.0 Å². The average Bonchev–Trinajstić information content (AvgIpc) is 2.83. The van der Waals surface area contributed by atoms with Crippen LogP contribution in [0.15, 0.2) is 60.9 Å². The molecule has 7 nitrogen and oxygen atoms in total. The molecule has 0 bridgehead atoms. The molecule has 196 valence electrons. The standard InChI is InChI=1S/C27H28F3N3O4/c1-5-6-22(18-7-9-19(10-8-18)24(34)35)33(25(36)37-26(2,3)4)23-16-31-21(15-32-23)17-11-13-20(14-12-17)27(28,29)30/h7-16,22H,5-6H2,1-4H3,(H,34,35). The number of carboxylic acid groups (broad SMARTS) is 1. The number of nitrogens with zero attached hydrogens (tertiary/aromatic N) is 3. The highest BCUT2D eigenvalue weighted by molar-refractivity contribution is 5.89. The molecule has 2 aromatic carbocycles. The van der Waals surface area contributed by atoms with Crippen molar-refractivity contribution in [2.75, 3.05) is 4.90 Å². The predicted octanol–water partition coefficient (Wildman–Crippen LogP) is 7.14. The van der Waals surface area contributed by atoms with E-state index in [0.29, 0.717) is 29.7 Å². The fourth-order valence-corrected chi connectivity index (χ4v) is 3.68. The molecule has 1 atom stereocenters. The van der Waals surface area contributed by atoms with Crippen molar-refractivity contribution in [3.8, 4) is 11.3 Å². The molecule has 0 fully saturated rings. The third kappa shape index (κ3) is 7.05. The van der Waals surface area contributed by atoms with Gasteiger partial charge in [0.1, 0.15) is 5.60 Å². The van der Waals surface area contributed by atoms with E-state index >= 15 is 0 Å². The highest BCUT2D eigenvalue weighted by atomic mass is 19.4. The lowest BCUT2D eigenvalue weighted by molar-refractivity contribution is -0.137. The summed E-state index contributed by atoms with van der Waals surface area (Å²) < 4.78 is 44.3. The van der Waals surface area contributed by atoms with E-state index in [1.165, 1.54) is 41.6 Å². The maximum absolute atomic E-state index is 13.3. The number of anilines is 1. The summed E-state index contributed by atoms with van der Waals surface area (Å²) in [6.07, 6.45) is -1.14. The van der Waals surface area contributed by atoms with Gasteiger partial charge in [0, 0.05) is 5.56 Å². The summed E-state index contributed by atoms with van der Waals surface area (Å²) in [7, 11) is 0. The third-order valence-corrected chi connectivity index (χ3v) is 5.40. The van der Waals surface area contributed by atoms with E-state index in [9.17, 15) is 27.9 Å². The topological polar surface area (TPSA) is 92.6 Å². The molecular formula is C27H28F3N3O4. The van der Waals surface area contributed by atoms with Gasteiger partial charge in [-0.1, -0.05) is 37.6 Å². The lowest BCUT2D eigenvalue weighted by atomic mass is 9.99. The molecule has 3 aromatic rings. The molecule has 3 rings (SSSR count). The zero-order valence-corrected chi connectivity index (χ0v) is 20.9. The minimum Gasteiger partial charge on any atom is -0.478 e. The minimum absolute atomic E-state index is 0.114. The second-order valence-corrected chi connectivity index (χ2v) is 9.42. The van der Waals surface area contributed by atoms with E-state index in [-0.39, 0.29) is 11.4 Å². The summed E-state index contributed by atoms with van der Waals surface area (Å²) in [4.78, 5) is 34.7. The van der Waals surface area contributed by atoms with Crippen LogP contribution in [0.3, 0.4) is 0 Å². The van der Waals surface area contributed by atoms with Crippen LogP contribution in [-0.4, -0.2) is 32.7 Å². The van der Waals surface area contributed by atoms with E-state index < -0.39 is 35.4 Å². The summed E-state index contributed by atoms with van der Waals surface area (Å²) in [6, 6.07) is 10.2. The average molecular weight is 516 g/mol. The van der Waals surface area contributed by atoms with Gasteiger partial charge in [-0.25, -0.2) is 14.6 Å². The van der Waals surface area contributed by atoms with Crippen molar-refractivity contribution < 1.29 is 32.6 Å². The molecule has 0 aliphatic heterocycles. The fraction of sp³-hybridized carbons (Fsp3) is 0.333. The molecule has 0 aliphatic rings. The van der Waals surface area contributed by atoms with Gasteiger partial charge in [0.2, 0.25) is 0 Å². The van der Waals surface area contributed by atoms with Gasteiger partial charge in [0.05, 0.1) is 35.3 Å². The van der Waals surface area contributed by atoms with Crippen molar-refractivity contribution in [1.29, 1.82) is 0 Å². The van der Waals surface area contributed by atoms with Crippen molar-refractivity contribution in [2.24, 2.45) is 0 Å². The van der Waals surface area contributed by atoms with Crippen molar-refractivity contribution in [2.45, 2.75) is 58.4 Å². The van der Waals surface area contributed by atoms with Crippen LogP contribution in [0.2, 0.25) is 0 Å². The van der Waals surface area contributed by atoms with Crippen LogP contribution in [-0.2, 0) is 10.9 Å². The van der Waals surface area contributed by atoms with Gasteiger partial charge < -0.3 is 9.84 Å². The number of ether oxygens (including phenoxy) is 1. The first-order valence-electron chi connectivity index (χ1n) is 11.7. The first-order chi connectivity index (χ1) is 17.3. The van der Waals surface area contributed by atoms with Crippen LogP contribution in [0.4, 0.5) is 23.8 Å². The zero-order valence-electron chi connectivity index (χ0n) is 20.9. The van der Waals surface area contributed by atoms with Crippen molar-refractivity contribution in [1.82, 2.24) is 9.97 Å². The highest BCUT2D eigenvalue weighted by Crippen LogP contribution is 2.33. The van der Waals surface area contributed by atoms with Gasteiger partial charge in [0.25, 0.3) is 0 Å². The third-order valence-electron chi connectivity index (χ3n) is 5.40. The Morgan fingerprint density at radius 3 is 2.05 bits per heavy atom. The number of hydrogen-bond donors (Lipinski definition) is 1. The number of halogens is 3. The Balaban J connectivity index is 2.01. The van der Waals surface area contributed by atoms with Gasteiger partial charge in [-0.15, -0.1) is 0 Å². The number of alkyl halides is 3. The highest BCUT2D eigenvalue weighted by Gasteiger charge is 2.32. The maximum Gasteiger partial charge on any atom is 0.416 e.